The largest absolute Gasteiger partial charge is 0.506 e. The van der Waals surface area contributed by atoms with Crippen molar-refractivity contribution >= 4 is 12.2 Å². The third-order valence-electron chi connectivity index (χ3n) is 6.82. The second-order valence-electron chi connectivity index (χ2n) is 9.10. The van der Waals surface area contributed by atoms with Gasteiger partial charge in [0.05, 0.1) is 13.2 Å². The van der Waals surface area contributed by atoms with Crippen molar-refractivity contribution in [1.82, 2.24) is 15.1 Å². The van der Waals surface area contributed by atoms with E-state index in [1.807, 2.05) is 56.3 Å². The number of hydrogen-bond donors (Lipinski definition) is 2. The molecule has 4 rings (SSSR count). The van der Waals surface area contributed by atoms with Gasteiger partial charge in [-0.1, -0.05) is 25.1 Å². The molecule has 0 unspecified atom stereocenters. The topological polar surface area (TPSA) is 110 Å². The number of hydrogen-bond acceptors (Lipinski definition) is 7. The Hall–Kier alpha value is -3.66. The highest BCUT2D eigenvalue weighted by Gasteiger charge is 2.46. The Morgan fingerprint density at radius 1 is 1.08 bits per heavy atom. The number of urea groups is 1. The fraction of sp³-hybridized carbons (Fsp3) is 0.481. The van der Waals surface area contributed by atoms with Gasteiger partial charge in [0, 0.05) is 38.6 Å². The zero-order valence-electron chi connectivity index (χ0n) is 21.5. The summed E-state index contributed by atoms with van der Waals surface area (Å²) in [5.41, 5.74) is 1.82. The predicted octanol–water partition coefficient (Wildman–Crippen LogP) is 4.07. The van der Waals surface area contributed by atoms with Gasteiger partial charge in [-0.3, -0.25) is 4.90 Å². The molecule has 2 aliphatic rings. The molecule has 2 aliphatic heterocycles. The number of carboxylic acid groups (broad SMARTS) is 1. The lowest BCUT2D eigenvalue weighted by molar-refractivity contribution is 0.0280. The lowest BCUT2D eigenvalue weighted by Gasteiger charge is -2.30. The monoisotopic (exact) mass is 513 g/mol. The van der Waals surface area contributed by atoms with E-state index in [0.717, 1.165) is 17.5 Å². The number of nitrogens with zero attached hydrogens (tertiary/aromatic N) is 2. The molecule has 0 spiro atoms. The third-order valence-corrected chi connectivity index (χ3v) is 6.82. The number of likely N-dealkylation sites (tertiary alicyclic amines) is 1. The van der Waals surface area contributed by atoms with E-state index in [1.165, 1.54) is 0 Å². The summed E-state index contributed by atoms with van der Waals surface area (Å²) in [6, 6.07) is 12.8. The van der Waals surface area contributed by atoms with Crippen molar-refractivity contribution in [2.75, 3.05) is 46.6 Å². The SMILES string of the molecule is CCCN(CCN1C[C@H](c2ccc3c(c2)OCO3)[C@H](OC(=O)O)[C@H]1c1ccc(OC)cc1)C(=O)NCC. The minimum Gasteiger partial charge on any atom is -0.497 e. The fourth-order valence-corrected chi connectivity index (χ4v) is 5.13. The quantitative estimate of drug-likeness (QED) is 0.458. The van der Waals surface area contributed by atoms with Crippen molar-refractivity contribution in [1.29, 1.82) is 0 Å². The van der Waals surface area contributed by atoms with Crippen molar-refractivity contribution in [2.24, 2.45) is 0 Å². The Kier molecular flexibility index (Phi) is 8.60. The van der Waals surface area contributed by atoms with Crippen molar-refractivity contribution in [3.63, 3.8) is 0 Å². The van der Waals surface area contributed by atoms with Gasteiger partial charge in [0.2, 0.25) is 6.79 Å². The molecule has 0 radical (unpaired) electrons. The van der Waals surface area contributed by atoms with Crippen LogP contribution in [0.25, 0.3) is 0 Å². The van der Waals surface area contributed by atoms with E-state index in [1.54, 1.807) is 12.0 Å². The maximum atomic E-state index is 12.6. The Labute approximate surface area is 217 Å². The summed E-state index contributed by atoms with van der Waals surface area (Å²) in [5.74, 6) is 1.76. The molecular weight excluding hydrogens is 478 g/mol. The highest BCUT2D eigenvalue weighted by Crippen LogP contribution is 2.45. The van der Waals surface area contributed by atoms with Gasteiger partial charge < -0.3 is 34.3 Å². The van der Waals surface area contributed by atoms with Crippen LogP contribution in [0.2, 0.25) is 0 Å². The van der Waals surface area contributed by atoms with Gasteiger partial charge in [0.15, 0.2) is 11.5 Å². The molecule has 0 saturated carbocycles. The Bertz CT molecular complexity index is 1080. The molecule has 2 heterocycles. The van der Waals surface area contributed by atoms with E-state index < -0.39 is 12.3 Å². The normalized spacial score (nSPS) is 20.5. The van der Waals surface area contributed by atoms with Gasteiger partial charge in [0.1, 0.15) is 11.9 Å². The summed E-state index contributed by atoms with van der Waals surface area (Å²) in [6.07, 6.45) is -1.16. The van der Waals surface area contributed by atoms with Crippen LogP contribution < -0.4 is 19.5 Å². The van der Waals surface area contributed by atoms with Crippen LogP contribution in [0.1, 0.15) is 43.4 Å². The Morgan fingerprint density at radius 2 is 1.81 bits per heavy atom. The van der Waals surface area contributed by atoms with Crippen molar-refractivity contribution in [3.05, 3.63) is 53.6 Å². The molecule has 2 amide bonds. The highest BCUT2D eigenvalue weighted by molar-refractivity contribution is 5.74. The smallest absolute Gasteiger partial charge is 0.497 e. The molecule has 1 fully saturated rings. The number of benzene rings is 2. The summed E-state index contributed by atoms with van der Waals surface area (Å²) >= 11 is 0. The minimum absolute atomic E-state index is 0.102. The first kappa shape index (κ1) is 26.4. The van der Waals surface area contributed by atoms with Gasteiger partial charge in [-0.05, 0) is 48.7 Å². The molecule has 3 atom stereocenters. The molecule has 10 heteroatoms. The van der Waals surface area contributed by atoms with E-state index in [-0.39, 0.29) is 24.8 Å². The second-order valence-corrected chi connectivity index (χ2v) is 9.10. The van der Waals surface area contributed by atoms with Crippen LogP contribution in [-0.2, 0) is 4.74 Å². The molecule has 0 aliphatic carbocycles. The van der Waals surface area contributed by atoms with Crippen molar-refractivity contribution in [2.45, 2.75) is 38.3 Å². The van der Waals surface area contributed by atoms with Crippen LogP contribution in [0.15, 0.2) is 42.5 Å². The average molecular weight is 514 g/mol. The van der Waals surface area contributed by atoms with Crippen molar-refractivity contribution in [3.8, 4) is 17.2 Å². The van der Waals surface area contributed by atoms with Gasteiger partial charge in [-0.15, -0.1) is 0 Å². The first-order valence-electron chi connectivity index (χ1n) is 12.6. The number of fused-ring (bicyclic) bond motifs is 1. The number of methoxy groups -OCH3 is 1. The third kappa shape index (κ3) is 6.02. The molecule has 10 nitrogen and oxygen atoms in total. The van der Waals surface area contributed by atoms with Crippen LogP contribution in [0, 0.1) is 0 Å². The Morgan fingerprint density at radius 3 is 2.49 bits per heavy atom. The van der Waals surface area contributed by atoms with Crippen LogP contribution >= 0.6 is 0 Å². The maximum absolute atomic E-state index is 12.6. The lowest BCUT2D eigenvalue weighted by atomic mass is 9.90. The van der Waals surface area contributed by atoms with Crippen LogP contribution in [0.3, 0.4) is 0 Å². The fourth-order valence-electron chi connectivity index (χ4n) is 5.13. The summed E-state index contributed by atoms with van der Waals surface area (Å²) in [6.45, 7) is 6.87. The summed E-state index contributed by atoms with van der Waals surface area (Å²) in [5, 5.41) is 12.6. The standard InChI is InChI=1S/C27H35N3O7/c1-4-12-29(26(31)28-5-2)13-14-30-16-21(19-8-11-22-23(15-19)36-17-35-22)25(37-27(32)33)24(30)18-6-9-20(34-3)10-7-18/h6-11,15,21,24-25H,4-5,12-14,16-17H2,1-3H3,(H,28,31)(H,32,33)/t21-,24-,25+/m1/s1. The minimum atomic E-state index is -1.33. The van der Waals surface area contributed by atoms with Crippen LogP contribution in [-0.4, -0.2) is 79.8 Å². The molecule has 2 aromatic carbocycles. The van der Waals surface area contributed by atoms with Gasteiger partial charge in [-0.2, -0.15) is 0 Å². The molecule has 2 N–H and O–H groups in total. The number of rotatable bonds is 10. The van der Waals surface area contributed by atoms with Crippen LogP contribution in [0.5, 0.6) is 17.2 Å². The van der Waals surface area contributed by atoms with E-state index >= 15 is 0 Å². The number of amides is 2. The highest BCUT2D eigenvalue weighted by atomic mass is 16.7. The number of nitrogens with one attached hydrogen (secondary N) is 1. The summed E-state index contributed by atoms with van der Waals surface area (Å²) in [4.78, 5) is 28.5. The summed E-state index contributed by atoms with van der Waals surface area (Å²) < 4.78 is 21.9. The average Bonchev–Trinajstić information content (AvgIpc) is 3.50. The molecular formula is C27H35N3O7. The molecule has 0 bridgehead atoms. The lowest BCUT2D eigenvalue weighted by Crippen LogP contribution is -2.44. The zero-order chi connectivity index (χ0) is 26.4. The number of ether oxygens (including phenoxy) is 4. The molecule has 37 heavy (non-hydrogen) atoms. The van der Waals surface area contributed by atoms with Gasteiger partial charge >= 0.3 is 12.2 Å². The number of carbonyl (C=O) groups is 2. The maximum Gasteiger partial charge on any atom is 0.506 e. The molecule has 1 saturated heterocycles. The zero-order valence-corrected chi connectivity index (χ0v) is 21.5. The van der Waals surface area contributed by atoms with Crippen LogP contribution in [0.4, 0.5) is 9.59 Å². The van der Waals surface area contributed by atoms with E-state index in [9.17, 15) is 14.7 Å². The van der Waals surface area contributed by atoms with Gasteiger partial charge in [0.25, 0.3) is 0 Å². The first-order chi connectivity index (χ1) is 17.9. The van der Waals surface area contributed by atoms with E-state index in [0.29, 0.717) is 50.0 Å². The first-order valence-corrected chi connectivity index (χ1v) is 12.6. The van der Waals surface area contributed by atoms with Gasteiger partial charge in [-0.25, -0.2) is 9.59 Å². The van der Waals surface area contributed by atoms with Crippen molar-refractivity contribution < 1.29 is 33.6 Å². The summed E-state index contributed by atoms with van der Waals surface area (Å²) in [7, 11) is 1.60. The second kappa shape index (κ2) is 12.1. The molecule has 0 aromatic heterocycles. The molecule has 2 aromatic rings. The number of carbonyl (C=O) groups excluding carboxylic acids is 1. The van der Waals surface area contributed by atoms with E-state index in [4.69, 9.17) is 18.9 Å². The van der Waals surface area contributed by atoms with E-state index in [2.05, 4.69) is 10.2 Å². The molecule has 200 valence electrons. The Balaban J connectivity index is 1.67. The predicted molar refractivity (Wildman–Crippen MR) is 136 cm³/mol.